The second-order valence-corrected chi connectivity index (χ2v) is 5.75. The maximum absolute atomic E-state index is 3.53. The number of hydrogen-bond donors (Lipinski definition) is 1. The molecule has 16 heavy (non-hydrogen) atoms. The average molecular weight is 224 g/mol. The molecule has 1 atom stereocenters. The van der Waals surface area contributed by atoms with E-state index in [0.717, 1.165) is 11.8 Å². The molecule has 2 heteroatoms. The first-order chi connectivity index (χ1) is 7.88. The monoisotopic (exact) mass is 224 g/mol. The number of nitrogens with one attached hydrogen (secondary N) is 1. The largest absolute Gasteiger partial charge is 0.316 e. The zero-order valence-corrected chi connectivity index (χ0v) is 10.9. The topological polar surface area (TPSA) is 15.3 Å². The summed E-state index contributed by atoms with van der Waals surface area (Å²) in [5.41, 5.74) is 0. The van der Waals surface area contributed by atoms with E-state index in [0.29, 0.717) is 0 Å². The minimum Gasteiger partial charge on any atom is -0.316 e. The third kappa shape index (κ3) is 4.42. The molecule has 0 spiro atoms. The summed E-state index contributed by atoms with van der Waals surface area (Å²) in [6.45, 7) is 8.87. The van der Waals surface area contributed by atoms with Crippen LogP contribution in [0.4, 0.5) is 0 Å². The average Bonchev–Trinajstić information content (AvgIpc) is 3.12. The van der Waals surface area contributed by atoms with Gasteiger partial charge in [-0.2, -0.15) is 0 Å². The summed E-state index contributed by atoms with van der Waals surface area (Å²) in [7, 11) is 0. The Morgan fingerprint density at radius 2 is 2.00 bits per heavy atom. The van der Waals surface area contributed by atoms with Gasteiger partial charge >= 0.3 is 0 Å². The van der Waals surface area contributed by atoms with Gasteiger partial charge < -0.3 is 10.2 Å². The highest BCUT2D eigenvalue weighted by molar-refractivity contribution is 4.78. The van der Waals surface area contributed by atoms with Crippen molar-refractivity contribution in [1.29, 1.82) is 0 Å². The summed E-state index contributed by atoms with van der Waals surface area (Å²) < 4.78 is 0. The fraction of sp³-hybridized carbons (Fsp3) is 1.00. The summed E-state index contributed by atoms with van der Waals surface area (Å²) in [6, 6.07) is 0. The number of hydrogen-bond acceptors (Lipinski definition) is 2. The molecular formula is C14H28N2. The van der Waals surface area contributed by atoms with Crippen molar-refractivity contribution in [3.05, 3.63) is 0 Å². The van der Waals surface area contributed by atoms with E-state index in [1.807, 2.05) is 0 Å². The van der Waals surface area contributed by atoms with E-state index in [4.69, 9.17) is 0 Å². The first kappa shape index (κ1) is 12.4. The van der Waals surface area contributed by atoms with Crippen LogP contribution < -0.4 is 5.32 Å². The lowest BCUT2D eigenvalue weighted by Gasteiger charge is -2.27. The Morgan fingerprint density at radius 1 is 1.12 bits per heavy atom. The van der Waals surface area contributed by atoms with Gasteiger partial charge in [-0.1, -0.05) is 6.92 Å². The van der Waals surface area contributed by atoms with Crippen molar-refractivity contribution in [1.82, 2.24) is 10.2 Å². The molecule has 1 saturated carbocycles. The van der Waals surface area contributed by atoms with Crippen molar-refractivity contribution < 1.29 is 0 Å². The Morgan fingerprint density at radius 3 is 2.62 bits per heavy atom. The lowest BCUT2D eigenvalue weighted by Crippen LogP contribution is -2.34. The molecule has 1 unspecified atom stereocenters. The number of rotatable bonds is 7. The molecule has 1 aliphatic carbocycles. The molecule has 2 fully saturated rings. The summed E-state index contributed by atoms with van der Waals surface area (Å²) in [5, 5.41) is 3.53. The predicted octanol–water partition coefficient (Wildman–Crippen LogP) is 2.50. The SMILES string of the molecule is CCCN(CCC1CCCNC1)CC1CC1. The molecule has 2 rings (SSSR count). The van der Waals surface area contributed by atoms with E-state index in [1.54, 1.807) is 0 Å². The van der Waals surface area contributed by atoms with Gasteiger partial charge in [0, 0.05) is 6.54 Å². The molecule has 94 valence electrons. The third-order valence-electron chi connectivity index (χ3n) is 4.01. The van der Waals surface area contributed by atoms with Gasteiger partial charge in [-0.05, 0) is 76.5 Å². The molecular weight excluding hydrogens is 196 g/mol. The molecule has 1 aliphatic heterocycles. The van der Waals surface area contributed by atoms with Crippen molar-refractivity contribution in [2.24, 2.45) is 11.8 Å². The van der Waals surface area contributed by atoms with Crippen LogP contribution in [0.25, 0.3) is 0 Å². The van der Waals surface area contributed by atoms with Crippen LogP contribution in [0, 0.1) is 11.8 Å². The third-order valence-corrected chi connectivity index (χ3v) is 4.01. The normalized spacial score (nSPS) is 26.2. The fourth-order valence-electron chi connectivity index (χ4n) is 2.81. The molecule has 0 aromatic carbocycles. The van der Waals surface area contributed by atoms with Gasteiger partial charge in [0.25, 0.3) is 0 Å². The second kappa shape index (κ2) is 6.61. The lowest BCUT2D eigenvalue weighted by atomic mass is 9.96. The van der Waals surface area contributed by atoms with Gasteiger partial charge in [0.2, 0.25) is 0 Å². The van der Waals surface area contributed by atoms with Gasteiger partial charge in [0.15, 0.2) is 0 Å². The minimum atomic E-state index is 0.951. The van der Waals surface area contributed by atoms with Crippen LogP contribution in [0.2, 0.25) is 0 Å². The van der Waals surface area contributed by atoms with Crippen LogP contribution in [0.1, 0.15) is 45.4 Å². The van der Waals surface area contributed by atoms with Crippen molar-refractivity contribution in [2.75, 3.05) is 32.7 Å². The number of piperidine rings is 1. The first-order valence-electron chi connectivity index (χ1n) is 7.31. The van der Waals surface area contributed by atoms with E-state index < -0.39 is 0 Å². The van der Waals surface area contributed by atoms with Gasteiger partial charge in [0.05, 0.1) is 0 Å². The van der Waals surface area contributed by atoms with Crippen molar-refractivity contribution in [2.45, 2.75) is 45.4 Å². The van der Waals surface area contributed by atoms with Crippen LogP contribution >= 0.6 is 0 Å². The molecule has 0 bridgehead atoms. The minimum absolute atomic E-state index is 0.951. The summed E-state index contributed by atoms with van der Waals surface area (Å²) in [6.07, 6.45) is 8.56. The van der Waals surface area contributed by atoms with E-state index in [-0.39, 0.29) is 0 Å². The Bertz CT molecular complexity index is 183. The highest BCUT2D eigenvalue weighted by atomic mass is 15.1. The second-order valence-electron chi connectivity index (χ2n) is 5.75. The smallest absolute Gasteiger partial charge is 0.000966 e. The standard InChI is InChI=1S/C14H28N2/c1-2-9-16(12-14-5-6-14)10-7-13-4-3-8-15-11-13/h13-15H,2-12H2,1H3. The molecule has 1 N–H and O–H groups in total. The van der Waals surface area contributed by atoms with E-state index in [1.165, 1.54) is 71.2 Å². The zero-order valence-electron chi connectivity index (χ0n) is 10.9. The van der Waals surface area contributed by atoms with Crippen LogP contribution in [0.3, 0.4) is 0 Å². The molecule has 2 nitrogen and oxygen atoms in total. The van der Waals surface area contributed by atoms with Crippen LogP contribution in [0.5, 0.6) is 0 Å². The molecule has 0 aromatic heterocycles. The maximum Gasteiger partial charge on any atom is 0.000966 e. The van der Waals surface area contributed by atoms with Crippen LogP contribution in [-0.2, 0) is 0 Å². The Hall–Kier alpha value is -0.0800. The molecule has 0 amide bonds. The summed E-state index contributed by atoms with van der Waals surface area (Å²) in [4.78, 5) is 2.71. The van der Waals surface area contributed by atoms with Crippen LogP contribution in [0.15, 0.2) is 0 Å². The Kier molecular flexibility index (Phi) is 5.11. The van der Waals surface area contributed by atoms with Crippen molar-refractivity contribution in [3.8, 4) is 0 Å². The summed E-state index contributed by atoms with van der Waals surface area (Å²) >= 11 is 0. The predicted molar refractivity (Wildman–Crippen MR) is 69.7 cm³/mol. The highest BCUT2D eigenvalue weighted by Crippen LogP contribution is 2.30. The van der Waals surface area contributed by atoms with E-state index in [2.05, 4.69) is 17.1 Å². The van der Waals surface area contributed by atoms with Gasteiger partial charge in [-0.25, -0.2) is 0 Å². The van der Waals surface area contributed by atoms with Crippen molar-refractivity contribution >= 4 is 0 Å². The Balaban J connectivity index is 1.63. The Labute approximate surface area is 101 Å². The van der Waals surface area contributed by atoms with Gasteiger partial charge in [-0.3, -0.25) is 0 Å². The molecule has 2 aliphatic rings. The molecule has 1 heterocycles. The van der Waals surface area contributed by atoms with Crippen molar-refractivity contribution in [3.63, 3.8) is 0 Å². The number of nitrogens with zero attached hydrogens (tertiary/aromatic N) is 1. The zero-order chi connectivity index (χ0) is 11.2. The molecule has 0 radical (unpaired) electrons. The molecule has 0 aromatic rings. The fourth-order valence-corrected chi connectivity index (χ4v) is 2.81. The maximum atomic E-state index is 3.53. The van der Waals surface area contributed by atoms with Gasteiger partial charge in [-0.15, -0.1) is 0 Å². The summed E-state index contributed by atoms with van der Waals surface area (Å²) in [5.74, 6) is 2.00. The van der Waals surface area contributed by atoms with Gasteiger partial charge in [0.1, 0.15) is 0 Å². The van der Waals surface area contributed by atoms with E-state index in [9.17, 15) is 0 Å². The first-order valence-corrected chi connectivity index (χ1v) is 7.31. The van der Waals surface area contributed by atoms with Crippen LogP contribution in [-0.4, -0.2) is 37.6 Å². The highest BCUT2D eigenvalue weighted by Gasteiger charge is 2.24. The molecule has 1 saturated heterocycles. The lowest BCUT2D eigenvalue weighted by molar-refractivity contribution is 0.229. The quantitative estimate of drug-likeness (QED) is 0.715. The van der Waals surface area contributed by atoms with E-state index >= 15 is 0 Å².